The number of benzene rings is 1. The Balaban J connectivity index is 1.52. The summed E-state index contributed by atoms with van der Waals surface area (Å²) in [7, 11) is 1.47. The standard InChI is InChI=1S/C22H24BrN3O5S/c1-13-11-14(3-4-16(13)25-8-10-31-9-7-19(25)27)26-12-15(20(30-2)22(26)29)24-21(28)17-5-6-18(23)32-17/h3-6,11,15,20H,7-10,12H2,1-2H3,(H,24,28)/t15?,20-/m1/s1. The molecule has 0 saturated carbocycles. The topological polar surface area (TPSA) is 88.2 Å². The van der Waals surface area contributed by atoms with Crippen molar-refractivity contribution < 1.29 is 23.9 Å². The molecule has 1 aromatic carbocycles. The van der Waals surface area contributed by atoms with Gasteiger partial charge < -0.3 is 24.6 Å². The molecule has 10 heteroatoms. The van der Waals surface area contributed by atoms with Gasteiger partial charge in [0.2, 0.25) is 5.91 Å². The summed E-state index contributed by atoms with van der Waals surface area (Å²) in [5.74, 6) is -0.426. The zero-order valence-electron chi connectivity index (χ0n) is 17.8. The summed E-state index contributed by atoms with van der Waals surface area (Å²) < 4.78 is 11.7. The molecule has 3 heterocycles. The highest BCUT2D eigenvalue weighted by atomic mass is 79.9. The van der Waals surface area contributed by atoms with Crippen LogP contribution in [0.2, 0.25) is 0 Å². The van der Waals surface area contributed by atoms with Crippen molar-refractivity contribution in [2.75, 3.05) is 43.2 Å². The second-order valence-electron chi connectivity index (χ2n) is 7.67. The lowest BCUT2D eigenvalue weighted by atomic mass is 10.1. The molecule has 0 radical (unpaired) electrons. The SMILES string of the molecule is CO[C@H]1C(=O)N(c2ccc(N3CCOCCC3=O)c(C)c2)CC1NC(=O)c1ccc(Br)s1. The molecular formula is C22H24BrN3O5S. The minimum Gasteiger partial charge on any atom is -0.379 e. The van der Waals surface area contributed by atoms with Crippen LogP contribution < -0.4 is 15.1 Å². The van der Waals surface area contributed by atoms with E-state index in [1.165, 1.54) is 18.4 Å². The van der Waals surface area contributed by atoms with Gasteiger partial charge in [-0.05, 0) is 58.7 Å². The fourth-order valence-corrected chi connectivity index (χ4v) is 5.33. The van der Waals surface area contributed by atoms with E-state index < -0.39 is 12.1 Å². The first-order valence-electron chi connectivity index (χ1n) is 10.3. The maximum atomic E-state index is 13.0. The molecule has 2 fully saturated rings. The van der Waals surface area contributed by atoms with Gasteiger partial charge in [0, 0.05) is 31.6 Å². The largest absolute Gasteiger partial charge is 0.379 e. The number of nitrogens with zero attached hydrogens (tertiary/aromatic N) is 2. The van der Waals surface area contributed by atoms with Crippen molar-refractivity contribution in [1.29, 1.82) is 0 Å². The predicted octanol–water partition coefficient (Wildman–Crippen LogP) is 2.73. The summed E-state index contributed by atoms with van der Waals surface area (Å²) in [5.41, 5.74) is 2.40. The van der Waals surface area contributed by atoms with Crippen LogP contribution in [0.25, 0.3) is 0 Å². The zero-order chi connectivity index (χ0) is 22.8. The monoisotopic (exact) mass is 521 g/mol. The lowest BCUT2D eigenvalue weighted by molar-refractivity contribution is -0.126. The summed E-state index contributed by atoms with van der Waals surface area (Å²) >= 11 is 4.69. The number of hydrogen-bond acceptors (Lipinski definition) is 6. The number of carbonyl (C=O) groups excluding carboxylic acids is 3. The number of rotatable bonds is 5. The van der Waals surface area contributed by atoms with Crippen LogP contribution in [0.1, 0.15) is 21.7 Å². The van der Waals surface area contributed by atoms with Gasteiger partial charge in [-0.25, -0.2) is 0 Å². The fourth-order valence-electron chi connectivity index (χ4n) is 4.05. The third-order valence-electron chi connectivity index (χ3n) is 5.62. The molecule has 0 spiro atoms. The Bertz CT molecular complexity index is 1040. The number of anilines is 2. The third-order valence-corrected chi connectivity index (χ3v) is 7.25. The van der Waals surface area contributed by atoms with Gasteiger partial charge in [0.05, 0.1) is 34.3 Å². The van der Waals surface area contributed by atoms with Gasteiger partial charge in [0.25, 0.3) is 11.8 Å². The second-order valence-corrected chi connectivity index (χ2v) is 10.1. The summed E-state index contributed by atoms with van der Waals surface area (Å²) in [6, 6.07) is 8.64. The maximum Gasteiger partial charge on any atom is 0.261 e. The minimum atomic E-state index is -0.772. The average Bonchev–Trinajstić information content (AvgIpc) is 3.26. The Morgan fingerprint density at radius 3 is 2.72 bits per heavy atom. The van der Waals surface area contributed by atoms with Crippen LogP contribution in [0, 0.1) is 6.92 Å². The van der Waals surface area contributed by atoms with E-state index in [9.17, 15) is 14.4 Å². The lowest BCUT2D eigenvalue weighted by Gasteiger charge is -2.24. The molecule has 2 atom stereocenters. The van der Waals surface area contributed by atoms with E-state index in [4.69, 9.17) is 9.47 Å². The van der Waals surface area contributed by atoms with Gasteiger partial charge in [-0.1, -0.05) is 0 Å². The third kappa shape index (κ3) is 4.59. The quantitative estimate of drug-likeness (QED) is 0.653. The molecule has 2 aliphatic rings. The van der Waals surface area contributed by atoms with Crippen LogP contribution in [0.15, 0.2) is 34.1 Å². The number of methoxy groups -OCH3 is 1. The van der Waals surface area contributed by atoms with Crippen molar-refractivity contribution in [2.24, 2.45) is 0 Å². The number of halogens is 1. The van der Waals surface area contributed by atoms with Gasteiger partial charge in [-0.3, -0.25) is 14.4 Å². The molecule has 0 aliphatic carbocycles. The van der Waals surface area contributed by atoms with Crippen molar-refractivity contribution in [3.8, 4) is 0 Å². The average molecular weight is 522 g/mol. The van der Waals surface area contributed by atoms with Crippen LogP contribution in [0.5, 0.6) is 0 Å². The number of aryl methyl sites for hydroxylation is 1. The molecule has 1 N–H and O–H groups in total. The second kappa shape index (κ2) is 9.70. The summed E-state index contributed by atoms with van der Waals surface area (Å²) in [6.45, 7) is 3.64. The predicted molar refractivity (Wildman–Crippen MR) is 125 cm³/mol. The molecular weight excluding hydrogens is 498 g/mol. The van der Waals surface area contributed by atoms with Crippen molar-refractivity contribution in [1.82, 2.24) is 5.32 Å². The number of thiophene rings is 1. The summed E-state index contributed by atoms with van der Waals surface area (Å²) in [6.07, 6.45) is -0.421. The first kappa shape index (κ1) is 22.9. The first-order valence-corrected chi connectivity index (χ1v) is 11.9. The van der Waals surface area contributed by atoms with E-state index in [1.54, 1.807) is 15.9 Å². The van der Waals surface area contributed by atoms with E-state index in [2.05, 4.69) is 21.2 Å². The van der Waals surface area contributed by atoms with Crippen molar-refractivity contribution in [3.63, 3.8) is 0 Å². The molecule has 2 aliphatic heterocycles. The smallest absolute Gasteiger partial charge is 0.261 e. The van der Waals surface area contributed by atoms with E-state index in [1.807, 2.05) is 31.2 Å². The molecule has 1 unspecified atom stereocenters. The molecule has 4 rings (SSSR count). The van der Waals surface area contributed by atoms with Gasteiger partial charge in [0.1, 0.15) is 0 Å². The molecule has 2 aromatic rings. The van der Waals surface area contributed by atoms with Crippen molar-refractivity contribution in [3.05, 3.63) is 44.6 Å². The normalized spacial score (nSPS) is 21.7. The lowest BCUT2D eigenvalue weighted by Crippen LogP contribution is -2.44. The van der Waals surface area contributed by atoms with E-state index in [0.717, 1.165) is 15.0 Å². The number of ether oxygens (including phenoxy) is 2. The maximum absolute atomic E-state index is 13.0. The molecule has 0 bridgehead atoms. The number of nitrogens with one attached hydrogen (secondary N) is 1. The summed E-state index contributed by atoms with van der Waals surface area (Å²) in [4.78, 5) is 42.0. The summed E-state index contributed by atoms with van der Waals surface area (Å²) in [5, 5.41) is 2.93. The molecule has 8 nitrogen and oxygen atoms in total. The van der Waals surface area contributed by atoms with Gasteiger partial charge in [-0.15, -0.1) is 11.3 Å². The van der Waals surface area contributed by atoms with E-state index in [0.29, 0.717) is 43.3 Å². The zero-order valence-corrected chi connectivity index (χ0v) is 20.2. The van der Waals surface area contributed by atoms with Gasteiger partial charge >= 0.3 is 0 Å². The molecule has 3 amide bonds. The number of amides is 3. The number of hydrogen-bond donors (Lipinski definition) is 1. The number of carbonyl (C=O) groups is 3. The van der Waals surface area contributed by atoms with E-state index in [-0.39, 0.29) is 17.7 Å². The Kier molecular flexibility index (Phi) is 6.94. The fraction of sp³-hybridized carbons (Fsp3) is 0.409. The van der Waals surface area contributed by atoms with E-state index >= 15 is 0 Å². The van der Waals surface area contributed by atoms with Crippen LogP contribution >= 0.6 is 27.3 Å². The molecule has 1 aromatic heterocycles. The van der Waals surface area contributed by atoms with Crippen LogP contribution in [0.3, 0.4) is 0 Å². The van der Waals surface area contributed by atoms with Crippen LogP contribution in [0.4, 0.5) is 11.4 Å². The minimum absolute atomic E-state index is 0.0260. The highest BCUT2D eigenvalue weighted by Crippen LogP contribution is 2.30. The van der Waals surface area contributed by atoms with Crippen molar-refractivity contribution in [2.45, 2.75) is 25.5 Å². The van der Waals surface area contributed by atoms with Gasteiger partial charge in [-0.2, -0.15) is 0 Å². The Morgan fingerprint density at radius 2 is 2.03 bits per heavy atom. The van der Waals surface area contributed by atoms with Crippen LogP contribution in [-0.4, -0.2) is 63.3 Å². The molecule has 2 saturated heterocycles. The Hall–Kier alpha value is -2.27. The van der Waals surface area contributed by atoms with Crippen molar-refractivity contribution >= 4 is 56.4 Å². The molecule has 170 valence electrons. The highest BCUT2D eigenvalue weighted by Gasteiger charge is 2.42. The molecule has 32 heavy (non-hydrogen) atoms. The van der Waals surface area contributed by atoms with Gasteiger partial charge in [0.15, 0.2) is 6.10 Å². The first-order chi connectivity index (χ1) is 15.4. The Morgan fingerprint density at radius 1 is 1.22 bits per heavy atom. The Labute approximate surface area is 198 Å². The highest BCUT2D eigenvalue weighted by molar-refractivity contribution is 9.11. The van der Waals surface area contributed by atoms with Crippen LogP contribution in [-0.2, 0) is 19.1 Å².